The van der Waals surface area contributed by atoms with Gasteiger partial charge in [-0.3, -0.25) is 24.0 Å². The Morgan fingerprint density at radius 2 is 1.41 bits per heavy atom. The number of aromatic hydroxyl groups is 1. The molecule has 2 rings (SSSR count). The van der Waals surface area contributed by atoms with E-state index in [1.807, 2.05) is 0 Å². The molecule has 0 aromatic heterocycles. The number of carbonyl (C=O) groups is 6. The first kappa shape index (κ1) is 39.5. The van der Waals surface area contributed by atoms with E-state index in [-0.39, 0.29) is 30.0 Å². The lowest BCUT2D eigenvalue weighted by Crippen LogP contribution is -2.55. The number of carboxylic acid groups (broad SMARTS) is 2. The number of allylic oxidation sites excluding steroid dienone is 1. The number of rotatable bonds is 17. The van der Waals surface area contributed by atoms with Gasteiger partial charge in [-0.25, -0.2) is 13.2 Å². The molecule has 0 bridgehead atoms. The number of phenols is 1. The number of sulfone groups is 1. The summed E-state index contributed by atoms with van der Waals surface area (Å²) in [6.45, 7) is 2.73. The van der Waals surface area contributed by atoms with Crippen LogP contribution in [0.15, 0.2) is 77.4 Å². The molecule has 0 fully saturated rings. The van der Waals surface area contributed by atoms with Gasteiger partial charge in [-0.1, -0.05) is 48.5 Å². The summed E-state index contributed by atoms with van der Waals surface area (Å²) in [4.78, 5) is 75.5. The maximum Gasteiger partial charge on any atom is 0.408 e. The molecule has 3 atom stereocenters. The zero-order chi connectivity index (χ0) is 36.7. The van der Waals surface area contributed by atoms with Gasteiger partial charge in [0, 0.05) is 18.1 Å². The largest absolute Gasteiger partial charge is 0.508 e. The van der Waals surface area contributed by atoms with Crippen LogP contribution in [-0.2, 0) is 51.6 Å². The smallest absolute Gasteiger partial charge is 0.408 e. The van der Waals surface area contributed by atoms with Gasteiger partial charge in [0.15, 0.2) is 9.84 Å². The van der Waals surface area contributed by atoms with Gasteiger partial charge in [0.1, 0.15) is 30.1 Å². The monoisotopic (exact) mass is 702 g/mol. The van der Waals surface area contributed by atoms with Crippen molar-refractivity contribution in [3.8, 4) is 5.75 Å². The number of benzene rings is 2. The Hall–Kier alpha value is -5.71. The SMILES string of the molecule is CC(C)=C(NC(=O)[C@H](Cc1ccc(O)cc1)NC(=O)[C@H](CC(=O)O)NC(=O)OCc1ccccc1)C(=O)N[C@H](/C=C/S(C)(=O)=O)CC(=O)O. The van der Waals surface area contributed by atoms with Crippen LogP contribution in [0.4, 0.5) is 4.79 Å². The summed E-state index contributed by atoms with van der Waals surface area (Å²) in [5.74, 6) is -5.90. The Labute approximate surface area is 282 Å². The fourth-order valence-electron chi connectivity index (χ4n) is 4.09. The van der Waals surface area contributed by atoms with Gasteiger partial charge in [-0.15, -0.1) is 0 Å². The van der Waals surface area contributed by atoms with Gasteiger partial charge >= 0.3 is 18.0 Å². The molecule has 264 valence electrons. The maximum atomic E-state index is 13.6. The molecule has 0 aliphatic heterocycles. The molecule has 49 heavy (non-hydrogen) atoms. The first-order chi connectivity index (χ1) is 22.9. The van der Waals surface area contributed by atoms with Gasteiger partial charge in [0.25, 0.3) is 5.91 Å². The van der Waals surface area contributed by atoms with E-state index in [1.165, 1.54) is 38.1 Å². The Bertz CT molecular complexity index is 1690. The lowest BCUT2D eigenvalue weighted by Gasteiger charge is -2.24. The van der Waals surface area contributed by atoms with E-state index >= 15 is 0 Å². The van der Waals surface area contributed by atoms with Crippen LogP contribution in [0.2, 0.25) is 0 Å². The standard InChI is InChI=1S/C32H38N4O12S/c1-19(2)28(31(44)33-22(16-26(38)39)13-14-49(3,46)47)36-30(43)24(15-20-9-11-23(37)12-10-20)34-29(42)25(17-27(40)41)35-32(45)48-18-21-7-5-4-6-8-21/h4-14,22,24-25,37H,15-18H2,1-3H3,(H,33,44)(H,34,42)(H,35,45)(H,36,43)(H,38,39)(H,40,41)/b14-13+/t22-,24+,25+/m1/s1. The van der Waals surface area contributed by atoms with Crippen molar-refractivity contribution in [2.75, 3.05) is 6.26 Å². The van der Waals surface area contributed by atoms with E-state index in [0.717, 1.165) is 17.7 Å². The predicted molar refractivity (Wildman–Crippen MR) is 174 cm³/mol. The lowest BCUT2D eigenvalue weighted by molar-refractivity contribution is -0.140. The summed E-state index contributed by atoms with van der Waals surface area (Å²) in [5.41, 5.74) is 0.956. The zero-order valence-corrected chi connectivity index (χ0v) is 27.7. The van der Waals surface area contributed by atoms with E-state index in [2.05, 4.69) is 21.3 Å². The fraction of sp³-hybridized carbons (Fsp3) is 0.312. The number of alkyl carbamates (subject to hydrolysis) is 1. The molecule has 16 nitrogen and oxygen atoms in total. The van der Waals surface area contributed by atoms with E-state index in [9.17, 15) is 52.5 Å². The zero-order valence-electron chi connectivity index (χ0n) is 26.8. The molecule has 17 heteroatoms. The first-order valence-electron chi connectivity index (χ1n) is 14.6. The molecule has 0 spiro atoms. The summed E-state index contributed by atoms with van der Waals surface area (Å²) in [6, 6.07) is 9.63. The van der Waals surface area contributed by atoms with Gasteiger partial charge in [0.05, 0.1) is 18.9 Å². The van der Waals surface area contributed by atoms with Crippen LogP contribution in [0.5, 0.6) is 5.75 Å². The molecule has 0 saturated heterocycles. The molecular formula is C32H38N4O12S. The molecule has 0 unspecified atom stereocenters. The summed E-state index contributed by atoms with van der Waals surface area (Å²) in [6.07, 6.45) is -1.06. The summed E-state index contributed by atoms with van der Waals surface area (Å²) in [5, 5.41) is 38.3. The van der Waals surface area contributed by atoms with Gasteiger partial charge in [-0.05, 0) is 42.7 Å². The highest BCUT2D eigenvalue weighted by molar-refractivity contribution is 7.93. The van der Waals surface area contributed by atoms with Crippen LogP contribution in [0.3, 0.4) is 0 Å². The average Bonchev–Trinajstić information content (AvgIpc) is 3.01. The molecule has 4 amide bonds. The Balaban J connectivity index is 2.32. The highest BCUT2D eigenvalue weighted by Crippen LogP contribution is 2.13. The number of hydrogen-bond acceptors (Lipinski definition) is 10. The van der Waals surface area contributed by atoms with Crippen LogP contribution in [0, 0.1) is 0 Å². The number of ether oxygens (including phenoxy) is 1. The first-order valence-corrected chi connectivity index (χ1v) is 16.6. The molecule has 0 saturated carbocycles. The third-order valence-electron chi connectivity index (χ3n) is 6.45. The fourth-order valence-corrected chi connectivity index (χ4v) is 4.57. The number of carboxylic acids is 2. The summed E-state index contributed by atoms with van der Waals surface area (Å²) in [7, 11) is -3.67. The Morgan fingerprint density at radius 1 is 0.796 bits per heavy atom. The van der Waals surface area contributed by atoms with Gasteiger partial charge in [-0.2, -0.15) is 0 Å². The number of hydrogen-bond donors (Lipinski definition) is 7. The van der Waals surface area contributed by atoms with Crippen LogP contribution in [0.25, 0.3) is 0 Å². The van der Waals surface area contributed by atoms with E-state index in [1.54, 1.807) is 30.3 Å². The van der Waals surface area contributed by atoms with E-state index in [0.29, 0.717) is 11.1 Å². The van der Waals surface area contributed by atoms with E-state index in [4.69, 9.17) is 4.74 Å². The molecule has 2 aromatic carbocycles. The second kappa shape index (κ2) is 18.6. The number of carbonyl (C=O) groups excluding carboxylic acids is 4. The summed E-state index contributed by atoms with van der Waals surface area (Å²) >= 11 is 0. The van der Waals surface area contributed by atoms with Crippen LogP contribution in [-0.4, -0.2) is 83.9 Å². The topological polar surface area (TPSA) is 255 Å². The lowest BCUT2D eigenvalue weighted by atomic mass is 10.0. The van der Waals surface area contributed by atoms with Crippen molar-refractivity contribution in [2.24, 2.45) is 0 Å². The molecular weight excluding hydrogens is 664 g/mol. The number of nitrogens with one attached hydrogen (secondary N) is 4. The number of amides is 4. The quantitative estimate of drug-likeness (QED) is 0.115. The molecule has 7 N–H and O–H groups in total. The van der Waals surface area contributed by atoms with Crippen LogP contribution >= 0.6 is 0 Å². The molecule has 0 radical (unpaired) electrons. The summed E-state index contributed by atoms with van der Waals surface area (Å²) < 4.78 is 28.2. The van der Waals surface area contributed by atoms with Gasteiger partial charge in [0.2, 0.25) is 11.8 Å². The molecule has 0 aliphatic rings. The second-order valence-corrected chi connectivity index (χ2v) is 12.9. The van der Waals surface area contributed by atoms with Crippen molar-refractivity contribution in [3.05, 3.63) is 88.5 Å². The molecule has 0 heterocycles. The van der Waals surface area contributed by atoms with Crippen molar-refractivity contribution in [1.82, 2.24) is 21.3 Å². The van der Waals surface area contributed by atoms with Gasteiger partial charge < -0.3 is 41.3 Å². The van der Waals surface area contributed by atoms with Crippen LogP contribution in [0.1, 0.15) is 37.8 Å². The molecule has 2 aromatic rings. The number of aliphatic carboxylic acids is 2. The minimum Gasteiger partial charge on any atom is -0.508 e. The maximum absolute atomic E-state index is 13.6. The third kappa shape index (κ3) is 15.2. The Kier molecular flexibility index (Phi) is 15.0. The second-order valence-electron chi connectivity index (χ2n) is 11.0. The van der Waals surface area contributed by atoms with Crippen LogP contribution < -0.4 is 21.3 Å². The average molecular weight is 703 g/mol. The highest BCUT2D eigenvalue weighted by Gasteiger charge is 2.30. The van der Waals surface area contributed by atoms with Crippen molar-refractivity contribution < 1.29 is 57.2 Å². The minimum absolute atomic E-state index is 0.0853. The van der Waals surface area contributed by atoms with Crippen molar-refractivity contribution in [2.45, 2.75) is 57.8 Å². The molecule has 0 aliphatic carbocycles. The normalized spacial score (nSPS) is 12.9. The van der Waals surface area contributed by atoms with E-state index < -0.39 is 76.6 Å². The Morgan fingerprint density at radius 3 is 1.96 bits per heavy atom. The highest BCUT2D eigenvalue weighted by atomic mass is 32.2. The third-order valence-corrected chi connectivity index (χ3v) is 7.11. The van der Waals surface area contributed by atoms with Crippen molar-refractivity contribution >= 4 is 45.6 Å². The number of phenolic OH excluding ortho intramolecular Hbond substituents is 1. The predicted octanol–water partition coefficient (Wildman–Crippen LogP) is 1.12. The minimum atomic E-state index is -3.67. The van der Waals surface area contributed by atoms with Crippen molar-refractivity contribution in [3.63, 3.8) is 0 Å². The van der Waals surface area contributed by atoms with Crippen molar-refractivity contribution in [1.29, 1.82) is 0 Å².